The first-order valence-corrected chi connectivity index (χ1v) is 9.31. The van der Waals surface area contributed by atoms with Crippen LogP contribution in [-0.4, -0.2) is 46.2 Å². The number of benzene rings is 1. The van der Waals surface area contributed by atoms with E-state index in [2.05, 4.69) is 4.98 Å². The Balaban J connectivity index is 1.67. The van der Waals surface area contributed by atoms with Crippen molar-refractivity contribution in [3.8, 4) is 0 Å². The molecule has 0 radical (unpaired) electrons. The van der Waals surface area contributed by atoms with Gasteiger partial charge in [-0.15, -0.1) is 0 Å². The van der Waals surface area contributed by atoms with E-state index >= 15 is 0 Å². The molecule has 3 rings (SSSR count). The van der Waals surface area contributed by atoms with Crippen LogP contribution in [0.25, 0.3) is 0 Å². The molecule has 1 aliphatic rings. The van der Waals surface area contributed by atoms with Gasteiger partial charge in [-0.1, -0.05) is 18.2 Å². The lowest BCUT2D eigenvalue weighted by molar-refractivity contribution is -0.142. The third-order valence-corrected chi connectivity index (χ3v) is 4.78. The van der Waals surface area contributed by atoms with E-state index in [1.165, 1.54) is 12.1 Å². The van der Waals surface area contributed by atoms with E-state index in [9.17, 15) is 14.0 Å². The summed E-state index contributed by atoms with van der Waals surface area (Å²) in [5.74, 6) is -0.295. The Morgan fingerprint density at radius 2 is 1.96 bits per heavy atom. The quantitative estimate of drug-likeness (QED) is 0.754. The molecule has 0 aliphatic carbocycles. The van der Waals surface area contributed by atoms with Crippen LogP contribution in [0.5, 0.6) is 0 Å². The van der Waals surface area contributed by atoms with Crippen LogP contribution in [0.2, 0.25) is 0 Å². The van der Waals surface area contributed by atoms with Gasteiger partial charge in [-0.05, 0) is 48.6 Å². The number of pyridine rings is 1. The van der Waals surface area contributed by atoms with Gasteiger partial charge in [0.25, 0.3) is 0 Å². The van der Waals surface area contributed by atoms with Gasteiger partial charge in [-0.3, -0.25) is 14.6 Å². The molecule has 0 unspecified atom stereocenters. The smallest absolute Gasteiger partial charge is 0.242 e. The van der Waals surface area contributed by atoms with E-state index < -0.39 is 0 Å². The second-order valence-electron chi connectivity index (χ2n) is 6.83. The summed E-state index contributed by atoms with van der Waals surface area (Å²) in [5, 5.41) is 0. The number of aromatic nitrogens is 1. The maximum absolute atomic E-state index is 13.1. The zero-order valence-electron chi connectivity index (χ0n) is 15.3. The Bertz CT molecular complexity index is 765. The van der Waals surface area contributed by atoms with Gasteiger partial charge in [0.15, 0.2) is 0 Å². The normalized spacial score (nSPS) is 14.3. The molecule has 1 aromatic heterocycles. The van der Waals surface area contributed by atoms with Crippen LogP contribution in [0, 0.1) is 5.82 Å². The average molecular weight is 369 g/mol. The summed E-state index contributed by atoms with van der Waals surface area (Å²) in [4.78, 5) is 32.4. The minimum atomic E-state index is -0.273. The number of rotatable bonds is 7. The van der Waals surface area contributed by atoms with Crippen LogP contribution in [0.1, 0.15) is 30.4 Å². The van der Waals surface area contributed by atoms with E-state index in [0.29, 0.717) is 32.5 Å². The van der Waals surface area contributed by atoms with E-state index in [-0.39, 0.29) is 24.2 Å². The minimum absolute atomic E-state index is 0.0504. The van der Waals surface area contributed by atoms with Crippen LogP contribution in [0.4, 0.5) is 4.39 Å². The second-order valence-corrected chi connectivity index (χ2v) is 6.83. The van der Waals surface area contributed by atoms with Crippen LogP contribution < -0.4 is 0 Å². The summed E-state index contributed by atoms with van der Waals surface area (Å²) < 4.78 is 13.1. The first kappa shape index (κ1) is 19.0. The van der Waals surface area contributed by atoms with Gasteiger partial charge in [-0.2, -0.15) is 0 Å². The number of amides is 2. The lowest BCUT2D eigenvalue weighted by Crippen LogP contribution is -2.45. The van der Waals surface area contributed by atoms with Crippen molar-refractivity contribution in [3.63, 3.8) is 0 Å². The zero-order chi connectivity index (χ0) is 19.1. The number of likely N-dealkylation sites (tertiary alicyclic amines) is 1. The topological polar surface area (TPSA) is 53.5 Å². The molecular formula is C21H24FN3O2. The third-order valence-electron chi connectivity index (χ3n) is 4.78. The molecule has 0 spiro atoms. The van der Waals surface area contributed by atoms with Crippen molar-refractivity contribution >= 4 is 11.8 Å². The third kappa shape index (κ3) is 5.61. The van der Waals surface area contributed by atoms with Crippen LogP contribution in [-0.2, 0) is 22.6 Å². The highest BCUT2D eigenvalue weighted by Crippen LogP contribution is 2.13. The predicted octanol–water partition coefficient (Wildman–Crippen LogP) is 2.80. The van der Waals surface area contributed by atoms with Crippen LogP contribution in [0.3, 0.4) is 0 Å². The number of carbonyl (C=O) groups is 2. The SMILES string of the molecule is O=C1CCCCN1CC(=O)N(CCc1ccc(F)cc1)Cc1cccnc1. The molecule has 0 atom stereocenters. The summed E-state index contributed by atoms with van der Waals surface area (Å²) in [7, 11) is 0. The second kappa shape index (κ2) is 9.26. The first-order valence-electron chi connectivity index (χ1n) is 9.31. The molecule has 1 aromatic carbocycles. The summed E-state index contributed by atoms with van der Waals surface area (Å²) in [6.45, 7) is 1.70. The predicted molar refractivity (Wildman–Crippen MR) is 100 cm³/mol. The van der Waals surface area contributed by atoms with E-state index in [1.54, 1.807) is 34.3 Å². The Morgan fingerprint density at radius 1 is 1.15 bits per heavy atom. The molecule has 1 aliphatic heterocycles. The fourth-order valence-corrected chi connectivity index (χ4v) is 3.21. The molecule has 1 saturated heterocycles. The maximum Gasteiger partial charge on any atom is 0.242 e. The molecule has 6 heteroatoms. The number of hydrogen-bond acceptors (Lipinski definition) is 3. The summed E-state index contributed by atoms with van der Waals surface area (Å²) >= 11 is 0. The molecule has 2 aromatic rings. The highest BCUT2D eigenvalue weighted by atomic mass is 19.1. The molecule has 0 bridgehead atoms. The maximum atomic E-state index is 13.1. The molecule has 0 N–H and O–H groups in total. The Kier molecular flexibility index (Phi) is 6.52. The van der Waals surface area contributed by atoms with E-state index in [4.69, 9.17) is 0 Å². The number of hydrogen-bond donors (Lipinski definition) is 0. The molecule has 1 fully saturated rings. The van der Waals surface area contributed by atoms with Gasteiger partial charge in [0.05, 0.1) is 6.54 Å². The van der Waals surface area contributed by atoms with Crippen LogP contribution in [0.15, 0.2) is 48.8 Å². The van der Waals surface area contributed by atoms with Crippen molar-refractivity contribution < 1.29 is 14.0 Å². The molecule has 27 heavy (non-hydrogen) atoms. The lowest BCUT2D eigenvalue weighted by Gasteiger charge is -2.30. The van der Waals surface area contributed by atoms with E-state index in [1.807, 2.05) is 12.1 Å². The lowest BCUT2D eigenvalue weighted by atomic mass is 10.1. The van der Waals surface area contributed by atoms with Crippen molar-refractivity contribution in [2.75, 3.05) is 19.6 Å². The Morgan fingerprint density at radius 3 is 2.67 bits per heavy atom. The Labute approximate surface area is 158 Å². The van der Waals surface area contributed by atoms with Gasteiger partial charge in [0.1, 0.15) is 5.82 Å². The van der Waals surface area contributed by atoms with Gasteiger partial charge >= 0.3 is 0 Å². The van der Waals surface area contributed by atoms with Crippen LogP contribution >= 0.6 is 0 Å². The summed E-state index contributed by atoms with van der Waals surface area (Å²) in [6.07, 6.45) is 6.42. The molecule has 5 nitrogen and oxygen atoms in total. The Hall–Kier alpha value is -2.76. The van der Waals surface area contributed by atoms with Crippen molar-refractivity contribution in [2.24, 2.45) is 0 Å². The zero-order valence-corrected chi connectivity index (χ0v) is 15.3. The van der Waals surface area contributed by atoms with Gasteiger partial charge < -0.3 is 9.80 Å². The first-order chi connectivity index (χ1) is 13.1. The number of piperidine rings is 1. The number of carbonyl (C=O) groups excluding carboxylic acids is 2. The van der Waals surface area contributed by atoms with Crippen molar-refractivity contribution in [2.45, 2.75) is 32.2 Å². The monoisotopic (exact) mass is 369 g/mol. The highest BCUT2D eigenvalue weighted by Gasteiger charge is 2.23. The molecule has 142 valence electrons. The fraction of sp³-hybridized carbons (Fsp3) is 0.381. The van der Waals surface area contributed by atoms with Crippen molar-refractivity contribution in [1.82, 2.24) is 14.8 Å². The van der Waals surface area contributed by atoms with Gasteiger partial charge in [-0.25, -0.2) is 4.39 Å². The summed E-state index contributed by atoms with van der Waals surface area (Å²) in [5.41, 5.74) is 1.91. The van der Waals surface area contributed by atoms with Gasteiger partial charge in [0.2, 0.25) is 11.8 Å². The minimum Gasteiger partial charge on any atom is -0.336 e. The van der Waals surface area contributed by atoms with E-state index in [0.717, 1.165) is 24.0 Å². The van der Waals surface area contributed by atoms with Crippen molar-refractivity contribution in [1.29, 1.82) is 0 Å². The summed E-state index contributed by atoms with van der Waals surface area (Å²) in [6, 6.07) is 10.1. The number of halogens is 1. The van der Waals surface area contributed by atoms with Crippen molar-refractivity contribution in [3.05, 3.63) is 65.7 Å². The molecule has 2 heterocycles. The standard InChI is InChI=1S/C21H24FN3O2/c22-19-8-6-17(7-9-19)10-13-25(15-18-4-3-11-23-14-18)21(27)16-24-12-2-1-5-20(24)26/h3-4,6-9,11,14H,1-2,5,10,12-13,15-16H2. The fourth-order valence-electron chi connectivity index (χ4n) is 3.21. The molecule has 0 saturated carbocycles. The largest absolute Gasteiger partial charge is 0.336 e. The average Bonchev–Trinajstić information content (AvgIpc) is 2.69. The van der Waals surface area contributed by atoms with Gasteiger partial charge in [0, 0.05) is 38.4 Å². The molecule has 2 amide bonds. The number of nitrogens with zero attached hydrogens (tertiary/aromatic N) is 3. The highest BCUT2D eigenvalue weighted by molar-refractivity contribution is 5.85. The molecular weight excluding hydrogens is 345 g/mol.